The summed E-state index contributed by atoms with van der Waals surface area (Å²) < 4.78 is 26.6. The molecule has 0 saturated carbocycles. The maximum atomic E-state index is 13.5. The molecule has 1 aromatic carbocycles. The number of amides is 1. The van der Waals surface area contributed by atoms with Gasteiger partial charge in [-0.05, 0) is 48.8 Å². The van der Waals surface area contributed by atoms with Crippen LogP contribution in [0.3, 0.4) is 0 Å². The summed E-state index contributed by atoms with van der Waals surface area (Å²) in [5.41, 5.74) is 0.406. The molecule has 104 valence electrons. The summed E-state index contributed by atoms with van der Waals surface area (Å²) in [6.45, 7) is 4.75. The molecule has 0 aliphatic carbocycles. The molecule has 0 atom stereocenters. The molecular weight excluding hydrogens is 324 g/mol. The van der Waals surface area contributed by atoms with Gasteiger partial charge in [0.25, 0.3) is 5.91 Å². The summed E-state index contributed by atoms with van der Waals surface area (Å²) >= 11 is 2.79. The van der Waals surface area contributed by atoms with E-state index >= 15 is 0 Å². The van der Waals surface area contributed by atoms with E-state index < -0.39 is 34.5 Å². The van der Waals surface area contributed by atoms with Crippen LogP contribution in [0.1, 0.15) is 31.1 Å². The van der Waals surface area contributed by atoms with Gasteiger partial charge in [-0.2, -0.15) is 5.48 Å². The lowest BCUT2D eigenvalue weighted by atomic mass is 9.98. The quantitative estimate of drug-likeness (QED) is 0.634. The smallest absolute Gasteiger partial charge is 0.337 e. The van der Waals surface area contributed by atoms with E-state index in [1.54, 1.807) is 26.3 Å². The molecule has 0 radical (unpaired) electrons. The number of carbonyl (C=O) groups is 2. The molecule has 0 heterocycles. The second-order valence-corrected chi connectivity index (χ2v) is 5.65. The molecule has 0 fully saturated rings. The van der Waals surface area contributed by atoms with E-state index in [0.717, 1.165) is 6.07 Å². The van der Waals surface area contributed by atoms with Crippen molar-refractivity contribution in [1.82, 2.24) is 5.48 Å². The van der Waals surface area contributed by atoms with Crippen molar-refractivity contribution in [2.24, 2.45) is 5.41 Å². The minimum Gasteiger partial charge on any atom is -0.340 e. The minimum absolute atomic E-state index is 0.103. The van der Waals surface area contributed by atoms with E-state index in [1.165, 1.54) is 6.07 Å². The third-order valence-corrected chi connectivity index (χ3v) is 2.74. The van der Waals surface area contributed by atoms with E-state index in [2.05, 4.69) is 20.8 Å². The van der Waals surface area contributed by atoms with Gasteiger partial charge < -0.3 is 4.84 Å². The van der Waals surface area contributed by atoms with Crippen molar-refractivity contribution < 1.29 is 23.2 Å². The van der Waals surface area contributed by atoms with Crippen LogP contribution in [-0.4, -0.2) is 11.9 Å². The van der Waals surface area contributed by atoms with Crippen LogP contribution in [0.4, 0.5) is 8.78 Å². The van der Waals surface area contributed by atoms with Crippen LogP contribution in [-0.2, 0) is 9.63 Å². The van der Waals surface area contributed by atoms with E-state index in [4.69, 9.17) is 0 Å². The van der Waals surface area contributed by atoms with Crippen molar-refractivity contribution in [2.45, 2.75) is 20.8 Å². The first-order valence-corrected chi connectivity index (χ1v) is 6.09. The molecule has 19 heavy (non-hydrogen) atoms. The van der Waals surface area contributed by atoms with Gasteiger partial charge in [0.05, 0.1) is 15.5 Å². The molecule has 0 unspecified atom stereocenters. The lowest BCUT2D eigenvalue weighted by Gasteiger charge is -2.16. The Kier molecular flexibility index (Phi) is 4.62. The van der Waals surface area contributed by atoms with E-state index in [0.29, 0.717) is 0 Å². The Morgan fingerprint density at radius 3 is 2.32 bits per heavy atom. The molecule has 1 rings (SSSR count). The third-order valence-electron chi connectivity index (χ3n) is 2.13. The molecular formula is C12H12BrF2NO3. The fourth-order valence-corrected chi connectivity index (χ4v) is 1.31. The predicted octanol–water partition coefficient (Wildman–Crippen LogP) is 2.96. The van der Waals surface area contributed by atoms with Crippen LogP contribution in [0, 0.1) is 17.0 Å². The summed E-state index contributed by atoms with van der Waals surface area (Å²) in [4.78, 5) is 27.5. The summed E-state index contributed by atoms with van der Waals surface area (Å²) in [6, 6.07) is 2.25. The maximum Gasteiger partial charge on any atom is 0.337 e. The van der Waals surface area contributed by atoms with Gasteiger partial charge in [0.1, 0.15) is 0 Å². The molecule has 1 aromatic rings. The average molecular weight is 336 g/mol. The lowest BCUT2D eigenvalue weighted by Crippen LogP contribution is -2.33. The Hall–Kier alpha value is -1.50. The summed E-state index contributed by atoms with van der Waals surface area (Å²) in [5.74, 6) is -4.24. The van der Waals surface area contributed by atoms with Crippen LogP contribution >= 0.6 is 15.9 Å². The lowest BCUT2D eigenvalue weighted by molar-refractivity contribution is -0.158. The van der Waals surface area contributed by atoms with Gasteiger partial charge in [0.15, 0.2) is 11.6 Å². The molecule has 0 aromatic heterocycles. The fourth-order valence-electron chi connectivity index (χ4n) is 1.00. The first-order chi connectivity index (χ1) is 8.64. The Bertz CT molecular complexity index is 526. The monoisotopic (exact) mass is 335 g/mol. The van der Waals surface area contributed by atoms with E-state index in [1.807, 2.05) is 0 Å². The van der Waals surface area contributed by atoms with Gasteiger partial charge in [-0.3, -0.25) is 4.79 Å². The molecule has 0 aliphatic heterocycles. The van der Waals surface area contributed by atoms with E-state index in [9.17, 15) is 18.4 Å². The highest BCUT2D eigenvalue weighted by Crippen LogP contribution is 2.21. The number of benzene rings is 1. The number of hydrogen-bond donors (Lipinski definition) is 1. The Morgan fingerprint density at radius 1 is 1.21 bits per heavy atom. The van der Waals surface area contributed by atoms with Crippen molar-refractivity contribution in [3.63, 3.8) is 0 Å². The van der Waals surface area contributed by atoms with Gasteiger partial charge in [0, 0.05) is 0 Å². The van der Waals surface area contributed by atoms with Crippen molar-refractivity contribution in [3.8, 4) is 0 Å². The zero-order valence-corrected chi connectivity index (χ0v) is 12.1. The van der Waals surface area contributed by atoms with Gasteiger partial charge >= 0.3 is 5.97 Å². The minimum atomic E-state index is -1.32. The van der Waals surface area contributed by atoms with Crippen LogP contribution in [0.25, 0.3) is 0 Å². The topological polar surface area (TPSA) is 55.4 Å². The maximum absolute atomic E-state index is 13.5. The van der Waals surface area contributed by atoms with Crippen LogP contribution in [0.15, 0.2) is 16.6 Å². The van der Waals surface area contributed by atoms with Crippen molar-refractivity contribution >= 4 is 27.8 Å². The standard InChI is InChI=1S/C12H12BrF2NO3/c1-12(2,3)11(18)19-16-10(17)6-4-5-7(13)9(15)8(6)14/h4-5H,1-3H3,(H,16,17). The second kappa shape index (κ2) is 5.64. The molecule has 0 saturated heterocycles. The normalized spacial score (nSPS) is 11.1. The van der Waals surface area contributed by atoms with Crippen LogP contribution in [0.5, 0.6) is 0 Å². The average Bonchev–Trinajstić information content (AvgIpc) is 2.31. The summed E-state index contributed by atoms with van der Waals surface area (Å²) in [7, 11) is 0. The molecule has 4 nitrogen and oxygen atoms in total. The molecule has 1 amide bonds. The Morgan fingerprint density at radius 2 is 1.79 bits per heavy atom. The first-order valence-electron chi connectivity index (χ1n) is 5.29. The highest BCUT2D eigenvalue weighted by molar-refractivity contribution is 9.10. The van der Waals surface area contributed by atoms with Crippen LogP contribution in [0.2, 0.25) is 0 Å². The van der Waals surface area contributed by atoms with Gasteiger partial charge in [0.2, 0.25) is 0 Å². The molecule has 1 N–H and O–H groups in total. The second-order valence-electron chi connectivity index (χ2n) is 4.79. The summed E-state index contributed by atoms with van der Waals surface area (Å²) in [5, 5.41) is 0. The Balaban J connectivity index is 2.81. The number of rotatable bonds is 1. The van der Waals surface area contributed by atoms with Gasteiger partial charge in [-0.1, -0.05) is 0 Å². The molecule has 0 aliphatic rings. The largest absolute Gasteiger partial charge is 0.340 e. The number of hydrogen-bond acceptors (Lipinski definition) is 3. The highest BCUT2D eigenvalue weighted by Gasteiger charge is 2.25. The third kappa shape index (κ3) is 3.73. The number of hydroxylamine groups is 1. The highest BCUT2D eigenvalue weighted by atomic mass is 79.9. The van der Waals surface area contributed by atoms with Gasteiger partial charge in [-0.15, -0.1) is 0 Å². The summed E-state index contributed by atoms with van der Waals surface area (Å²) in [6.07, 6.45) is 0. The SMILES string of the molecule is CC(C)(C)C(=O)ONC(=O)c1ccc(Br)c(F)c1F. The van der Waals surface area contributed by atoms with Crippen molar-refractivity contribution in [3.05, 3.63) is 33.8 Å². The first kappa shape index (κ1) is 15.6. The number of carbonyl (C=O) groups excluding carboxylic acids is 2. The molecule has 0 bridgehead atoms. The molecule has 0 spiro atoms. The Labute approximate surface area is 117 Å². The zero-order valence-electron chi connectivity index (χ0n) is 10.5. The van der Waals surface area contributed by atoms with Crippen LogP contribution < -0.4 is 5.48 Å². The predicted molar refractivity (Wildman–Crippen MR) is 67.1 cm³/mol. The zero-order chi connectivity index (χ0) is 14.8. The number of halogens is 3. The van der Waals surface area contributed by atoms with E-state index in [-0.39, 0.29) is 4.47 Å². The molecule has 7 heteroatoms. The fraction of sp³-hybridized carbons (Fsp3) is 0.333. The number of nitrogens with one attached hydrogen (secondary N) is 1. The van der Waals surface area contributed by atoms with Crippen molar-refractivity contribution in [1.29, 1.82) is 0 Å². The van der Waals surface area contributed by atoms with Gasteiger partial charge in [-0.25, -0.2) is 13.6 Å². The van der Waals surface area contributed by atoms with Crippen molar-refractivity contribution in [2.75, 3.05) is 0 Å².